The number of hydrogen-bond donors (Lipinski definition) is 0. The lowest BCUT2D eigenvalue weighted by molar-refractivity contribution is -0.116. The number of ketones is 1. The first-order valence-electron chi connectivity index (χ1n) is 7.11. The Morgan fingerprint density at radius 1 is 1.19 bits per heavy atom. The molecule has 0 atom stereocenters. The molecule has 21 heavy (non-hydrogen) atoms. The largest absolute Gasteiger partial charge is 0.451 e. The molecule has 0 amide bonds. The summed E-state index contributed by atoms with van der Waals surface area (Å²) in [6.07, 6.45) is 5.27. The second kappa shape index (κ2) is 6.78. The van der Waals surface area contributed by atoms with E-state index in [-0.39, 0.29) is 11.3 Å². The molecule has 0 heterocycles. The Labute approximate surface area is 124 Å². The van der Waals surface area contributed by atoms with Crippen LogP contribution in [0.3, 0.4) is 0 Å². The van der Waals surface area contributed by atoms with Gasteiger partial charge in [0.25, 0.3) is 15.6 Å². The molecule has 1 aromatic carbocycles. The van der Waals surface area contributed by atoms with Gasteiger partial charge in [0, 0.05) is 6.42 Å². The highest BCUT2D eigenvalue weighted by Crippen LogP contribution is 2.28. The number of sulfone groups is 1. The van der Waals surface area contributed by atoms with Crippen molar-refractivity contribution in [2.24, 2.45) is 5.92 Å². The van der Waals surface area contributed by atoms with Crippen molar-refractivity contribution < 1.29 is 18.0 Å². The maximum absolute atomic E-state index is 12.3. The summed E-state index contributed by atoms with van der Waals surface area (Å²) in [7, 11) is -4.05. The van der Waals surface area contributed by atoms with Gasteiger partial charge in [0.2, 0.25) is 0 Å². The van der Waals surface area contributed by atoms with E-state index < -0.39 is 20.7 Å². The monoisotopic (exact) mass is 306 g/mol. The van der Waals surface area contributed by atoms with E-state index in [9.17, 15) is 13.2 Å². The molecule has 0 spiro atoms. The summed E-state index contributed by atoms with van der Waals surface area (Å²) in [5.74, 6) is -0.137. The minimum absolute atomic E-state index is 0.0352. The molecule has 0 bridgehead atoms. The standard InChI is InChI=1S/C15H18N2O3S/c16-17-15(14(18)11-10-12-6-4-5-7-12)21(19,20)13-8-2-1-3-9-13/h1-3,8-9,12H,4-7,10-11H2. The quantitative estimate of drug-likeness (QED) is 0.362. The molecule has 1 aliphatic carbocycles. The molecular weight excluding hydrogens is 288 g/mol. The molecule has 0 unspecified atom stereocenters. The summed E-state index contributed by atoms with van der Waals surface area (Å²) in [5.41, 5.74) is 8.97. The zero-order valence-corrected chi connectivity index (χ0v) is 12.6. The van der Waals surface area contributed by atoms with Crippen molar-refractivity contribution >= 4 is 20.7 Å². The number of hydrogen-bond acceptors (Lipinski definition) is 3. The lowest BCUT2D eigenvalue weighted by Gasteiger charge is -2.06. The zero-order valence-electron chi connectivity index (χ0n) is 11.7. The van der Waals surface area contributed by atoms with Crippen molar-refractivity contribution in [3.63, 3.8) is 0 Å². The predicted molar refractivity (Wildman–Crippen MR) is 78.5 cm³/mol. The van der Waals surface area contributed by atoms with E-state index in [4.69, 9.17) is 5.53 Å². The third-order valence-corrected chi connectivity index (χ3v) is 5.60. The average molecular weight is 306 g/mol. The lowest BCUT2D eigenvalue weighted by atomic mass is 10.0. The molecule has 6 heteroatoms. The van der Waals surface area contributed by atoms with E-state index in [1.54, 1.807) is 18.2 Å². The Kier molecular flexibility index (Phi) is 5.04. The van der Waals surface area contributed by atoms with Gasteiger partial charge in [-0.05, 0) is 24.5 Å². The molecule has 5 nitrogen and oxygen atoms in total. The van der Waals surface area contributed by atoms with E-state index in [0.717, 1.165) is 12.8 Å². The molecule has 0 saturated heterocycles. The van der Waals surface area contributed by atoms with Crippen LogP contribution in [0.5, 0.6) is 0 Å². The number of nitrogens with zero attached hydrogens (tertiary/aromatic N) is 2. The Morgan fingerprint density at radius 3 is 2.38 bits per heavy atom. The van der Waals surface area contributed by atoms with Crippen LogP contribution in [0.4, 0.5) is 0 Å². The Hall–Kier alpha value is -1.78. The van der Waals surface area contributed by atoms with Crippen LogP contribution in [-0.4, -0.2) is 24.0 Å². The lowest BCUT2D eigenvalue weighted by Crippen LogP contribution is -2.26. The van der Waals surface area contributed by atoms with Crippen molar-refractivity contribution in [1.82, 2.24) is 0 Å². The van der Waals surface area contributed by atoms with Gasteiger partial charge in [0.05, 0.1) is 4.90 Å². The van der Waals surface area contributed by atoms with Gasteiger partial charge < -0.3 is 5.53 Å². The van der Waals surface area contributed by atoms with Crippen LogP contribution in [0.1, 0.15) is 38.5 Å². The highest BCUT2D eigenvalue weighted by molar-refractivity contribution is 8.08. The van der Waals surface area contributed by atoms with Crippen LogP contribution >= 0.6 is 0 Å². The first kappa shape index (κ1) is 15.6. The molecule has 1 aliphatic rings. The maximum Gasteiger partial charge on any atom is 0.451 e. The summed E-state index contributed by atoms with van der Waals surface area (Å²) in [6.45, 7) is 0. The van der Waals surface area contributed by atoms with Crippen LogP contribution in [0, 0.1) is 5.92 Å². The molecule has 1 aromatic rings. The van der Waals surface area contributed by atoms with Gasteiger partial charge in [-0.1, -0.05) is 43.9 Å². The molecule has 112 valence electrons. The summed E-state index contributed by atoms with van der Waals surface area (Å²) in [5, 5.41) is -0.758. The molecular formula is C15H18N2O3S. The zero-order chi connectivity index (χ0) is 15.3. The van der Waals surface area contributed by atoms with Crippen molar-refractivity contribution in [2.75, 3.05) is 0 Å². The van der Waals surface area contributed by atoms with Crippen LogP contribution in [0.2, 0.25) is 0 Å². The van der Waals surface area contributed by atoms with E-state index in [1.165, 1.54) is 25.0 Å². The Bertz CT molecular complexity index is 655. The van der Waals surface area contributed by atoms with Crippen molar-refractivity contribution in [3.8, 4) is 0 Å². The van der Waals surface area contributed by atoms with E-state index in [2.05, 4.69) is 4.79 Å². The molecule has 1 saturated carbocycles. The Balaban J connectivity index is 2.12. The predicted octanol–water partition coefficient (Wildman–Crippen LogP) is 2.63. The second-order valence-corrected chi connectivity index (χ2v) is 7.20. The molecule has 0 aromatic heterocycles. The van der Waals surface area contributed by atoms with Gasteiger partial charge in [0.15, 0.2) is 0 Å². The van der Waals surface area contributed by atoms with E-state index in [0.29, 0.717) is 12.3 Å². The fraction of sp³-hybridized carbons (Fsp3) is 0.467. The fourth-order valence-corrected chi connectivity index (χ4v) is 3.96. The first-order chi connectivity index (χ1) is 10.1. The highest BCUT2D eigenvalue weighted by Gasteiger charge is 2.37. The summed E-state index contributed by atoms with van der Waals surface area (Å²) < 4.78 is 24.6. The molecule has 2 rings (SSSR count). The molecule has 1 fully saturated rings. The van der Waals surface area contributed by atoms with E-state index >= 15 is 0 Å². The minimum Gasteiger partial charge on any atom is -0.360 e. The average Bonchev–Trinajstić information content (AvgIpc) is 3.00. The smallest absolute Gasteiger partial charge is 0.360 e. The van der Waals surface area contributed by atoms with Crippen molar-refractivity contribution in [1.29, 1.82) is 0 Å². The third kappa shape index (κ3) is 3.65. The second-order valence-electron chi connectivity index (χ2n) is 5.33. The van der Waals surface area contributed by atoms with Crippen LogP contribution < -0.4 is 0 Å². The molecule has 0 N–H and O–H groups in total. The first-order valence-corrected chi connectivity index (χ1v) is 8.59. The maximum atomic E-state index is 12.3. The SMILES string of the molecule is [N-]=[N+]=C(C(=O)CCC1CCCC1)S(=O)(=O)c1ccccc1. The summed E-state index contributed by atoms with van der Waals surface area (Å²) in [6, 6.07) is 7.56. The summed E-state index contributed by atoms with van der Waals surface area (Å²) in [4.78, 5) is 14.8. The van der Waals surface area contributed by atoms with Crippen LogP contribution in [0.15, 0.2) is 35.2 Å². The number of rotatable bonds is 5. The van der Waals surface area contributed by atoms with Gasteiger partial charge in [0.1, 0.15) is 0 Å². The van der Waals surface area contributed by atoms with Crippen LogP contribution in [-0.2, 0) is 14.6 Å². The number of Topliss-reactive ketones (excluding diaryl/α,β-unsaturated/α-hetero) is 1. The number of carbonyl (C=O) groups is 1. The topological polar surface area (TPSA) is 87.6 Å². The van der Waals surface area contributed by atoms with Crippen molar-refractivity contribution in [2.45, 2.75) is 43.4 Å². The molecule has 0 radical (unpaired) electrons. The minimum atomic E-state index is -4.05. The van der Waals surface area contributed by atoms with Crippen LogP contribution in [0.25, 0.3) is 5.53 Å². The fourth-order valence-electron chi connectivity index (χ4n) is 2.71. The summed E-state index contributed by atoms with van der Waals surface area (Å²) >= 11 is 0. The Morgan fingerprint density at radius 2 is 1.81 bits per heavy atom. The van der Waals surface area contributed by atoms with Gasteiger partial charge in [-0.25, -0.2) is 8.42 Å². The third-order valence-electron chi connectivity index (χ3n) is 3.89. The molecule has 0 aliphatic heterocycles. The number of carbonyl (C=O) groups excluding carboxylic acids is 1. The van der Waals surface area contributed by atoms with Crippen molar-refractivity contribution in [3.05, 3.63) is 35.9 Å². The normalized spacial score (nSPS) is 15.6. The van der Waals surface area contributed by atoms with Gasteiger partial charge in [-0.3, -0.25) is 4.79 Å². The highest BCUT2D eigenvalue weighted by atomic mass is 32.2. The van der Waals surface area contributed by atoms with Gasteiger partial charge in [-0.15, -0.1) is 4.79 Å². The number of benzene rings is 1. The van der Waals surface area contributed by atoms with E-state index in [1.807, 2.05) is 0 Å². The van der Waals surface area contributed by atoms with Gasteiger partial charge in [-0.2, -0.15) is 0 Å². The van der Waals surface area contributed by atoms with Gasteiger partial charge >= 0.3 is 5.04 Å².